The normalized spacial score (nSPS) is 15.0. The van der Waals surface area contributed by atoms with Crippen LogP contribution in [0.3, 0.4) is 0 Å². The third-order valence-corrected chi connectivity index (χ3v) is 3.65. The molecule has 1 aliphatic rings. The Balaban J connectivity index is 1.64. The summed E-state index contributed by atoms with van der Waals surface area (Å²) in [6, 6.07) is 18.8. The molecule has 0 bridgehead atoms. The second-order valence-electron chi connectivity index (χ2n) is 5.66. The highest BCUT2D eigenvalue weighted by molar-refractivity contribution is 5.63. The second-order valence-corrected chi connectivity index (χ2v) is 5.66. The molecule has 0 aliphatic heterocycles. The number of hydrogen-bond acceptors (Lipinski definition) is 2. The van der Waals surface area contributed by atoms with Crippen LogP contribution in [0.25, 0.3) is 5.70 Å². The zero-order chi connectivity index (χ0) is 14.5. The van der Waals surface area contributed by atoms with Crippen molar-refractivity contribution in [1.29, 1.82) is 0 Å². The van der Waals surface area contributed by atoms with E-state index in [2.05, 4.69) is 54.9 Å². The van der Waals surface area contributed by atoms with Gasteiger partial charge in [0.15, 0.2) is 0 Å². The molecule has 2 nitrogen and oxygen atoms in total. The molecule has 21 heavy (non-hydrogen) atoms. The molecule has 0 radical (unpaired) electrons. The summed E-state index contributed by atoms with van der Waals surface area (Å²) in [5.74, 6) is 0.703. The smallest absolute Gasteiger partial charge is 0.0996 e. The van der Waals surface area contributed by atoms with Crippen molar-refractivity contribution in [3.05, 3.63) is 77.4 Å². The van der Waals surface area contributed by atoms with Gasteiger partial charge in [-0.1, -0.05) is 66.2 Å². The first-order chi connectivity index (χ1) is 10.3. The Labute approximate surface area is 126 Å². The van der Waals surface area contributed by atoms with Gasteiger partial charge in [0.1, 0.15) is 0 Å². The van der Waals surface area contributed by atoms with Gasteiger partial charge in [0.2, 0.25) is 0 Å². The fourth-order valence-corrected chi connectivity index (χ4v) is 2.19. The molecule has 0 heterocycles. The van der Waals surface area contributed by atoms with Crippen LogP contribution < -0.4 is 5.48 Å². The summed E-state index contributed by atoms with van der Waals surface area (Å²) in [6.07, 6.45) is 4.86. The van der Waals surface area contributed by atoms with E-state index in [-0.39, 0.29) is 0 Å². The Kier molecular flexibility index (Phi) is 4.37. The first-order valence-corrected chi connectivity index (χ1v) is 7.52. The van der Waals surface area contributed by atoms with Crippen molar-refractivity contribution < 1.29 is 4.84 Å². The Morgan fingerprint density at radius 3 is 2.48 bits per heavy atom. The van der Waals surface area contributed by atoms with Gasteiger partial charge in [-0.05, 0) is 36.8 Å². The van der Waals surface area contributed by atoms with E-state index in [0.29, 0.717) is 12.5 Å². The van der Waals surface area contributed by atoms with Gasteiger partial charge in [-0.15, -0.1) is 0 Å². The van der Waals surface area contributed by atoms with Crippen LogP contribution in [-0.2, 0) is 11.4 Å². The molecular formula is C19H21NO. The molecule has 0 aromatic heterocycles. The van der Waals surface area contributed by atoms with Crippen LogP contribution in [0.1, 0.15) is 29.5 Å². The quantitative estimate of drug-likeness (QED) is 0.788. The van der Waals surface area contributed by atoms with Gasteiger partial charge < -0.3 is 0 Å². The molecule has 1 aliphatic carbocycles. The summed E-state index contributed by atoms with van der Waals surface area (Å²) < 4.78 is 0. The predicted octanol–water partition coefficient (Wildman–Crippen LogP) is 4.47. The number of benzene rings is 2. The van der Waals surface area contributed by atoms with E-state index in [1.54, 1.807) is 0 Å². The summed E-state index contributed by atoms with van der Waals surface area (Å²) >= 11 is 0. The van der Waals surface area contributed by atoms with E-state index >= 15 is 0 Å². The van der Waals surface area contributed by atoms with Crippen LogP contribution in [0.5, 0.6) is 0 Å². The highest BCUT2D eigenvalue weighted by Gasteiger charge is 2.19. The molecule has 1 N–H and O–H groups in total. The SMILES string of the molecule is Cc1ccc(C(=CC2CC2)NOCc2ccccc2)cc1. The van der Waals surface area contributed by atoms with Crippen LogP contribution in [0.15, 0.2) is 60.7 Å². The van der Waals surface area contributed by atoms with Crippen molar-refractivity contribution in [1.82, 2.24) is 5.48 Å². The average Bonchev–Trinajstić information content (AvgIpc) is 3.32. The molecule has 3 rings (SSSR count). The number of allylic oxidation sites excluding steroid dienone is 1. The van der Waals surface area contributed by atoms with Crippen molar-refractivity contribution in [2.24, 2.45) is 5.92 Å². The monoisotopic (exact) mass is 279 g/mol. The maximum atomic E-state index is 5.68. The Morgan fingerprint density at radius 1 is 1.10 bits per heavy atom. The van der Waals surface area contributed by atoms with Gasteiger partial charge in [0.05, 0.1) is 12.3 Å². The van der Waals surface area contributed by atoms with Crippen molar-refractivity contribution in [3.8, 4) is 0 Å². The zero-order valence-corrected chi connectivity index (χ0v) is 12.4. The summed E-state index contributed by atoms with van der Waals surface area (Å²) in [5.41, 5.74) is 7.83. The second kappa shape index (κ2) is 6.59. The fourth-order valence-electron chi connectivity index (χ4n) is 2.19. The maximum Gasteiger partial charge on any atom is 0.0996 e. The summed E-state index contributed by atoms with van der Waals surface area (Å²) in [7, 11) is 0. The average molecular weight is 279 g/mol. The number of hydrogen-bond donors (Lipinski definition) is 1. The van der Waals surface area contributed by atoms with E-state index in [0.717, 1.165) is 5.70 Å². The van der Waals surface area contributed by atoms with Crippen LogP contribution in [0, 0.1) is 12.8 Å². The number of aryl methyl sites for hydroxylation is 1. The summed E-state index contributed by atoms with van der Waals surface area (Å²) in [6.45, 7) is 2.67. The van der Waals surface area contributed by atoms with Gasteiger partial charge in [-0.25, -0.2) is 0 Å². The van der Waals surface area contributed by atoms with Gasteiger partial charge in [0.25, 0.3) is 0 Å². The van der Waals surface area contributed by atoms with Crippen molar-refractivity contribution in [2.75, 3.05) is 0 Å². The third-order valence-electron chi connectivity index (χ3n) is 3.65. The van der Waals surface area contributed by atoms with E-state index in [9.17, 15) is 0 Å². The Morgan fingerprint density at radius 2 is 1.81 bits per heavy atom. The predicted molar refractivity (Wildman–Crippen MR) is 86.2 cm³/mol. The zero-order valence-electron chi connectivity index (χ0n) is 12.4. The topological polar surface area (TPSA) is 21.3 Å². The molecule has 108 valence electrons. The molecule has 1 fully saturated rings. The van der Waals surface area contributed by atoms with Crippen LogP contribution >= 0.6 is 0 Å². The highest BCUT2D eigenvalue weighted by Crippen LogP contribution is 2.32. The van der Waals surface area contributed by atoms with E-state index in [1.165, 1.54) is 29.5 Å². The molecule has 0 unspecified atom stereocenters. The van der Waals surface area contributed by atoms with Gasteiger partial charge in [-0.2, -0.15) is 0 Å². The molecule has 2 heteroatoms. The van der Waals surface area contributed by atoms with Crippen LogP contribution in [-0.4, -0.2) is 0 Å². The highest BCUT2D eigenvalue weighted by atomic mass is 16.6. The van der Waals surface area contributed by atoms with Gasteiger partial charge >= 0.3 is 0 Å². The van der Waals surface area contributed by atoms with E-state index < -0.39 is 0 Å². The molecule has 2 aromatic carbocycles. The molecular weight excluding hydrogens is 258 g/mol. The molecule has 0 spiro atoms. The fraction of sp³-hybridized carbons (Fsp3) is 0.263. The third kappa shape index (κ3) is 4.20. The lowest BCUT2D eigenvalue weighted by atomic mass is 10.1. The largest absolute Gasteiger partial charge is 0.271 e. The maximum absolute atomic E-state index is 5.68. The molecule has 2 aromatic rings. The Hall–Kier alpha value is -2.06. The van der Waals surface area contributed by atoms with Crippen molar-refractivity contribution in [3.63, 3.8) is 0 Å². The molecule has 1 saturated carbocycles. The lowest BCUT2D eigenvalue weighted by molar-refractivity contribution is 0.0644. The number of hydroxylamine groups is 1. The van der Waals surface area contributed by atoms with E-state index in [1.807, 2.05) is 18.2 Å². The van der Waals surface area contributed by atoms with Crippen LogP contribution in [0.2, 0.25) is 0 Å². The molecule has 0 amide bonds. The number of rotatable bonds is 6. The summed E-state index contributed by atoms with van der Waals surface area (Å²) in [5, 5.41) is 0. The molecule has 0 saturated heterocycles. The Bertz CT molecular complexity index is 597. The number of nitrogens with one attached hydrogen (secondary N) is 1. The lowest BCUT2D eigenvalue weighted by Gasteiger charge is -2.12. The standard InChI is InChI=1S/C19H21NO/c1-15-7-11-18(12-8-15)19(13-16-9-10-16)20-21-14-17-5-3-2-4-6-17/h2-8,11-13,16,20H,9-10,14H2,1H3. The first kappa shape index (κ1) is 13.9. The minimum absolute atomic E-state index is 0.564. The van der Waals surface area contributed by atoms with Crippen molar-refractivity contribution >= 4 is 5.70 Å². The van der Waals surface area contributed by atoms with Crippen molar-refractivity contribution in [2.45, 2.75) is 26.4 Å². The van der Waals surface area contributed by atoms with Crippen LogP contribution in [0.4, 0.5) is 0 Å². The first-order valence-electron chi connectivity index (χ1n) is 7.52. The van der Waals surface area contributed by atoms with E-state index in [4.69, 9.17) is 4.84 Å². The van der Waals surface area contributed by atoms with Gasteiger partial charge in [0, 0.05) is 0 Å². The minimum Gasteiger partial charge on any atom is -0.271 e. The van der Waals surface area contributed by atoms with Gasteiger partial charge in [-0.3, -0.25) is 10.3 Å². The molecule has 0 atom stereocenters. The summed E-state index contributed by atoms with van der Waals surface area (Å²) in [4.78, 5) is 5.68. The lowest BCUT2D eigenvalue weighted by Crippen LogP contribution is -2.13. The minimum atomic E-state index is 0.564.